The van der Waals surface area contributed by atoms with E-state index in [1.807, 2.05) is 0 Å². The van der Waals surface area contributed by atoms with Crippen LogP contribution in [0, 0.1) is 0 Å². The van der Waals surface area contributed by atoms with Gasteiger partial charge in [0, 0.05) is 13.3 Å². The van der Waals surface area contributed by atoms with Crippen LogP contribution in [0.15, 0.2) is 0 Å². The molecule has 2 atom stereocenters. The molecule has 1 aliphatic heterocycles. The van der Waals surface area contributed by atoms with Crippen LogP contribution in [0.2, 0.25) is 0 Å². The van der Waals surface area contributed by atoms with Crippen molar-refractivity contribution in [1.82, 2.24) is 0 Å². The van der Waals surface area contributed by atoms with Crippen LogP contribution in [0.5, 0.6) is 0 Å². The third-order valence-corrected chi connectivity index (χ3v) is 2.67. The van der Waals surface area contributed by atoms with Gasteiger partial charge in [-0.3, -0.25) is 4.74 Å². The van der Waals surface area contributed by atoms with Gasteiger partial charge in [0.25, 0.3) is 5.85 Å². The average molecular weight is 338 g/mol. The summed E-state index contributed by atoms with van der Waals surface area (Å²) in [6, 6.07) is 0. The first-order valence-electron chi connectivity index (χ1n) is 5.52. The molecular weight excluding hydrogens is 326 g/mol. The van der Waals surface area contributed by atoms with Gasteiger partial charge in [0.2, 0.25) is 0 Å². The van der Waals surface area contributed by atoms with Crippen molar-refractivity contribution in [3.8, 4) is 0 Å². The summed E-state index contributed by atoms with van der Waals surface area (Å²) < 4.78 is 121. The molecule has 128 valence electrons. The van der Waals surface area contributed by atoms with E-state index in [-0.39, 0.29) is 6.92 Å². The lowest BCUT2D eigenvalue weighted by Gasteiger charge is -2.44. The lowest BCUT2D eigenvalue weighted by molar-refractivity contribution is -0.418. The van der Waals surface area contributed by atoms with Crippen molar-refractivity contribution in [2.45, 2.75) is 63.1 Å². The summed E-state index contributed by atoms with van der Waals surface area (Å²) >= 11 is 0. The first-order chi connectivity index (χ1) is 8.93. The molecule has 1 nitrogen and oxygen atoms in total. The molecule has 0 N–H and O–H groups in total. The van der Waals surface area contributed by atoms with Crippen LogP contribution in [-0.4, -0.2) is 30.0 Å². The van der Waals surface area contributed by atoms with Crippen molar-refractivity contribution in [3.05, 3.63) is 0 Å². The molecule has 0 aromatic heterocycles. The Bertz CT molecular complexity index is 343. The summed E-state index contributed by atoms with van der Waals surface area (Å²) in [4.78, 5) is 0. The molecule has 0 radical (unpaired) electrons. The molecule has 11 heteroatoms. The van der Waals surface area contributed by atoms with Gasteiger partial charge in [0.05, 0.1) is 6.42 Å². The Morgan fingerprint density at radius 3 is 1.57 bits per heavy atom. The summed E-state index contributed by atoms with van der Waals surface area (Å²) in [6.07, 6.45) is -13.0. The Morgan fingerprint density at radius 1 is 0.905 bits per heavy atom. The third-order valence-electron chi connectivity index (χ3n) is 2.67. The van der Waals surface area contributed by atoms with Crippen LogP contribution in [-0.2, 0) is 4.74 Å². The van der Waals surface area contributed by atoms with Crippen LogP contribution in [0.1, 0.15) is 33.1 Å². The maximum atomic E-state index is 13.7. The molecule has 1 rings (SSSR count). The molecule has 0 aromatic rings. The quantitative estimate of drug-likeness (QED) is 0.621. The molecule has 1 fully saturated rings. The first-order valence-corrected chi connectivity index (χ1v) is 5.52. The number of rotatable bonds is 2. The predicted octanol–water partition coefficient (Wildman–Crippen LogP) is 5.30. The predicted molar refractivity (Wildman–Crippen MR) is 51.0 cm³/mol. The van der Waals surface area contributed by atoms with E-state index in [1.165, 1.54) is 6.92 Å². The minimum absolute atomic E-state index is 0.0878. The number of ether oxygens (including phenoxy) is 1. The molecule has 0 saturated carbocycles. The Morgan fingerprint density at radius 2 is 1.29 bits per heavy atom. The molecule has 0 bridgehead atoms. The van der Waals surface area contributed by atoms with Gasteiger partial charge in [-0.2, -0.15) is 8.78 Å². The number of hydrogen-bond donors (Lipinski definition) is 0. The second kappa shape index (κ2) is 5.81. The minimum atomic E-state index is -5.50. The van der Waals surface area contributed by atoms with E-state index in [1.54, 1.807) is 0 Å². The summed E-state index contributed by atoms with van der Waals surface area (Å²) in [5.41, 5.74) is -2.68. The standard InChI is InChI=1S/C9H12F6O.CF4/c1-3-7(12)4-8(13,6(2,10)11)16-9(14,15)5-7;2-1(3,4)5/h3-5H2,1-2H3;. The van der Waals surface area contributed by atoms with Gasteiger partial charge in [-0.15, -0.1) is 17.6 Å². The number of hydrogen-bond acceptors (Lipinski definition) is 1. The van der Waals surface area contributed by atoms with E-state index in [0.29, 0.717) is 0 Å². The van der Waals surface area contributed by atoms with Crippen molar-refractivity contribution < 1.29 is 48.6 Å². The molecule has 0 aromatic carbocycles. The summed E-state index contributed by atoms with van der Waals surface area (Å²) in [5.74, 6) is -8.16. The van der Waals surface area contributed by atoms with Crippen molar-refractivity contribution in [3.63, 3.8) is 0 Å². The highest BCUT2D eigenvalue weighted by atomic mass is 19.5. The van der Waals surface area contributed by atoms with Crippen molar-refractivity contribution >= 4 is 0 Å². The molecule has 2 unspecified atom stereocenters. The van der Waals surface area contributed by atoms with Crippen molar-refractivity contribution in [2.24, 2.45) is 0 Å². The fourth-order valence-electron chi connectivity index (χ4n) is 1.64. The van der Waals surface area contributed by atoms with E-state index < -0.39 is 49.2 Å². The Kier molecular flexibility index (Phi) is 5.60. The van der Waals surface area contributed by atoms with Crippen molar-refractivity contribution in [1.29, 1.82) is 0 Å². The van der Waals surface area contributed by atoms with E-state index in [2.05, 4.69) is 4.74 Å². The van der Waals surface area contributed by atoms with Crippen LogP contribution in [0.3, 0.4) is 0 Å². The van der Waals surface area contributed by atoms with Gasteiger partial charge in [-0.05, 0) is 6.42 Å². The smallest absolute Gasteiger partial charge is 0.277 e. The molecule has 1 aliphatic rings. The van der Waals surface area contributed by atoms with Crippen LogP contribution in [0.4, 0.5) is 43.9 Å². The van der Waals surface area contributed by atoms with E-state index >= 15 is 0 Å². The molecule has 21 heavy (non-hydrogen) atoms. The highest BCUT2D eigenvalue weighted by molar-refractivity contribution is 4.98. The first kappa shape index (κ1) is 20.3. The zero-order chi connectivity index (χ0) is 17.3. The number of halogens is 10. The second-order valence-corrected chi connectivity index (χ2v) is 4.64. The average Bonchev–Trinajstić information content (AvgIpc) is 2.09. The monoisotopic (exact) mass is 338 g/mol. The SMILES string of the molecule is CCC1(F)CC(F)(F)OC(F)(C(C)(F)F)C1.FC(F)(F)F. The van der Waals surface area contributed by atoms with Gasteiger partial charge in [-0.1, -0.05) is 6.92 Å². The highest BCUT2D eigenvalue weighted by Gasteiger charge is 2.66. The van der Waals surface area contributed by atoms with E-state index in [0.717, 1.165) is 0 Å². The zero-order valence-electron chi connectivity index (χ0n) is 10.8. The van der Waals surface area contributed by atoms with E-state index in [4.69, 9.17) is 0 Å². The topological polar surface area (TPSA) is 9.23 Å². The van der Waals surface area contributed by atoms with Gasteiger partial charge in [-0.25, -0.2) is 17.6 Å². The molecule has 0 aliphatic carbocycles. The summed E-state index contributed by atoms with van der Waals surface area (Å²) in [7, 11) is 0. The fourth-order valence-corrected chi connectivity index (χ4v) is 1.64. The van der Waals surface area contributed by atoms with Gasteiger partial charge in [0.15, 0.2) is 0 Å². The molecular formula is C10H12F10O. The zero-order valence-corrected chi connectivity index (χ0v) is 10.8. The van der Waals surface area contributed by atoms with Crippen molar-refractivity contribution in [2.75, 3.05) is 0 Å². The van der Waals surface area contributed by atoms with Crippen LogP contribution >= 0.6 is 0 Å². The maximum absolute atomic E-state index is 13.7. The van der Waals surface area contributed by atoms with Gasteiger partial charge >= 0.3 is 18.5 Å². The largest absolute Gasteiger partial charge is 0.559 e. The van der Waals surface area contributed by atoms with Crippen LogP contribution in [0.25, 0.3) is 0 Å². The molecule has 0 spiro atoms. The maximum Gasteiger partial charge on any atom is 0.559 e. The molecule has 0 amide bonds. The van der Waals surface area contributed by atoms with Gasteiger partial charge < -0.3 is 0 Å². The summed E-state index contributed by atoms with van der Waals surface area (Å²) in [5, 5.41) is 0. The van der Waals surface area contributed by atoms with Crippen LogP contribution < -0.4 is 0 Å². The second-order valence-electron chi connectivity index (χ2n) is 4.64. The van der Waals surface area contributed by atoms with Gasteiger partial charge in [0.1, 0.15) is 5.67 Å². The normalized spacial score (nSPS) is 33.1. The Balaban J connectivity index is 0.000000690. The molecule has 1 heterocycles. The number of alkyl halides is 10. The molecule has 1 saturated heterocycles. The fraction of sp³-hybridized carbons (Fsp3) is 1.00. The van der Waals surface area contributed by atoms with E-state index in [9.17, 15) is 43.9 Å². The Labute approximate surface area is 113 Å². The highest BCUT2D eigenvalue weighted by Crippen LogP contribution is 2.52. The lowest BCUT2D eigenvalue weighted by Crippen LogP contribution is -2.58. The third kappa shape index (κ3) is 6.70. The minimum Gasteiger partial charge on any atom is -0.277 e. The lowest BCUT2D eigenvalue weighted by atomic mass is 9.85. The Hall–Kier alpha value is -0.740. The summed E-state index contributed by atoms with van der Waals surface area (Å²) in [6.45, 7) is 1.28.